The van der Waals surface area contributed by atoms with Crippen molar-refractivity contribution in [3.63, 3.8) is 0 Å². The van der Waals surface area contributed by atoms with Crippen LogP contribution in [0.2, 0.25) is 5.02 Å². The topological polar surface area (TPSA) is 69.0 Å². The maximum absolute atomic E-state index is 12.9. The van der Waals surface area contributed by atoms with E-state index < -0.39 is 5.91 Å². The molecular weight excluding hydrogens is 412 g/mol. The number of carbonyl (C=O) groups is 1. The lowest BCUT2D eigenvalue weighted by molar-refractivity contribution is 0.101. The quantitative estimate of drug-likeness (QED) is 0.434. The Morgan fingerprint density at radius 1 is 1.03 bits per heavy atom. The number of nitrogens with one attached hydrogen (secondary N) is 1. The summed E-state index contributed by atoms with van der Waals surface area (Å²) in [5, 5.41) is 7.97. The van der Waals surface area contributed by atoms with Crippen molar-refractivity contribution in [3.05, 3.63) is 89.2 Å². The van der Waals surface area contributed by atoms with E-state index in [0.717, 1.165) is 22.6 Å². The maximum Gasteiger partial charge on any atom is 0.295 e. The molecule has 3 aromatic carbocycles. The summed E-state index contributed by atoms with van der Waals surface area (Å²) in [6.07, 6.45) is 0. The Morgan fingerprint density at radius 3 is 2.48 bits per heavy atom. The summed E-state index contributed by atoms with van der Waals surface area (Å²) in [6, 6.07) is 22.3. The Hall–Kier alpha value is -3.64. The first-order valence-corrected chi connectivity index (χ1v) is 10.3. The highest BCUT2D eigenvalue weighted by atomic mass is 35.5. The zero-order valence-electron chi connectivity index (χ0n) is 17.2. The van der Waals surface area contributed by atoms with Gasteiger partial charge in [-0.05, 0) is 55.8 Å². The van der Waals surface area contributed by atoms with Gasteiger partial charge in [0.25, 0.3) is 5.91 Å². The summed E-state index contributed by atoms with van der Waals surface area (Å²) in [5.41, 5.74) is 3.09. The molecule has 31 heavy (non-hydrogen) atoms. The van der Waals surface area contributed by atoms with Crippen LogP contribution in [0.3, 0.4) is 0 Å². The summed E-state index contributed by atoms with van der Waals surface area (Å²) >= 11 is 6.32. The fourth-order valence-corrected chi connectivity index (χ4v) is 3.33. The number of rotatable bonds is 6. The Labute approximate surface area is 185 Å². The molecule has 0 saturated heterocycles. The summed E-state index contributed by atoms with van der Waals surface area (Å²) < 4.78 is 7.09. The van der Waals surface area contributed by atoms with Crippen molar-refractivity contribution in [1.29, 1.82) is 0 Å². The van der Waals surface area contributed by atoms with Crippen LogP contribution in [-0.2, 0) is 0 Å². The number of benzene rings is 3. The lowest BCUT2D eigenvalue weighted by Gasteiger charge is -2.10. The average Bonchev–Trinajstić information content (AvgIpc) is 3.23. The van der Waals surface area contributed by atoms with Gasteiger partial charge >= 0.3 is 0 Å². The third-order valence-corrected chi connectivity index (χ3v) is 5.14. The van der Waals surface area contributed by atoms with E-state index in [1.807, 2.05) is 62.4 Å². The van der Waals surface area contributed by atoms with Gasteiger partial charge in [-0.3, -0.25) is 4.79 Å². The van der Waals surface area contributed by atoms with Crippen LogP contribution in [0.15, 0.2) is 72.8 Å². The number of hydrogen-bond acceptors (Lipinski definition) is 4. The van der Waals surface area contributed by atoms with Crippen LogP contribution in [0, 0.1) is 6.92 Å². The molecule has 0 spiro atoms. The second-order valence-electron chi connectivity index (χ2n) is 6.83. The van der Waals surface area contributed by atoms with Gasteiger partial charge in [-0.15, -0.1) is 5.10 Å². The first-order valence-electron chi connectivity index (χ1n) is 9.89. The van der Waals surface area contributed by atoms with Crippen molar-refractivity contribution in [2.45, 2.75) is 13.8 Å². The smallest absolute Gasteiger partial charge is 0.295 e. The predicted octanol–water partition coefficient (Wildman–Crippen LogP) is 5.55. The fourth-order valence-electron chi connectivity index (χ4n) is 3.16. The van der Waals surface area contributed by atoms with Gasteiger partial charge in [-0.2, -0.15) is 0 Å². The van der Waals surface area contributed by atoms with Gasteiger partial charge in [0, 0.05) is 16.3 Å². The second kappa shape index (κ2) is 9.02. The molecule has 0 aliphatic heterocycles. The summed E-state index contributed by atoms with van der Waals surface area (Å²) in [6.45, 7) is 4.41. The van der Waals surface area contributed by atoms with Crippen LogP contribution in [-0.4, -0.2) is 27.3 Å². The molecule has 4 aromatic rings. The largest absolute Gasteiger partial charge is 0.494 e. The van der Waals surface area contributed by atoms with Crippen molar-refractivity contribution < 1.29 is 9.53 Å². The molecular formula is C24H21ClN4O2. The normalized spacial score (nSPS) is 10.7. The SMILES string of the molecule is CCOc1ccc(NC(=O)c2nc(-c3ccccc3)n(-c3cccc(Cl)c3C)n2)cc1. The maximum atomic E-state index is 12.9. The summed E-state index contributed by atoms with van der Waals surface area (Å²) in [4.78, 5) is 17.4. The first kappa shape index (κ1) is 20.6. The minimum absolute atomic E-state index is 0.0621. The molecule has 4 rings (SSSR count). The van der Waals surface area contributed by atoms with Crippen molar-refractivity contribution in [3.8, 4) is 22.8 Å². The predicted molar refractivity (Wildman–Crippen MR) is 122 cm³/mol. The number of hydrogen-bond donors (Lipinski definition) is 1. The van der Waals surface area contributed by atoms with E-state index in [1.54, 1.807) is 28.9 Å². The van der Waals surface area contributed by atoms with Gasteiger partial charge in [0.15, 0.2) is 5.82 Å². The molecule has 0 unspecified atom stereocenters. The molecule has 0 aliphatic carbocycles. The Morgan fingerprint density at radius 2 is 1.77 bits per heavy atom. The Balaban J connectivity index is 1.71. The van der Waals surface area contributed by atoms with Crippen LogP contribution < -0.4 is 10.1 Å². The van der Waals surface area contributed by atoms with Crippen molar-refractivity contribution in [2.75, 3.05) is 11.9 Å². The Kier molecular flexibility index (Phi) is 6.00. The van der Waals surface area contributed by atoms with Gasteiger partial charge in [-0.1, -0.05) is 48.0 Å². The molecule has 156 valence electrons. The zero-order chi connectivity index (χ0) is 21.8. The van der Waals surface area contributed by atoms with Crippen LogP contribution in [0.25, 0.3) is 17.1 Å². The number of nitrogens with zero attached hydrogens (tertiary/aromatic N) is 3. The molecule has 0 atom stereocenters. The van der Waals surface area contributed by atoms with E-state index in [4.69, 9.17) is 16.3 Å². The van der Waals surface area contributed by atoms with E-state index in [-0.39, 0.29) is 5.82 Å². The van der Waals surface area contributed by atoms with Gasteiger partial charge in [-0.25, -0.2) is 9.67 Å². The number of anilines is 1. The van der Waals surface area contributed by atoms with Gasteiger partial charge in [0.05, 0.1) is 12.3 Å². The molecule has 0 saturated carbocycles. The standard InChI is InChI=1S/C24H21ClN4O2/c1-3-31-19-14-12-18(13-15-19)26-24(30)22-27-23(17-8-5-4-6-9-17)29(28-22)21-11-7-10-20(25)16(21)2/h4-15H,3H2,1-2H3,(H,26,30). The molecule has 6 nitrogen and oxygen atoms in total. The highest BCUT2D eigenvalue weighted by Crippen LogP contribution is 2.27. The molecule has 1 heterocycles. The second-order valence-corrected chi connectivity index (χ2v) is 7.24. The molecule has 1 N–H and O–H groups in total. The molecule has 7 heteroatoms. The minimum Gasteiger partial charge on any atom is -0.494 e. The van der Waals surface area contributed by atoms with Crippen molar-refractivity contribution in [2.24, 2.45) is 0 Å². The highest BCUT2D eigenvalue weighted by molar-refractivity contribution is 6.31. The van der Waals surface area contributed by atoms with Crippen molar-refractivity contribution >= 4 is 23.2 Å². The molecule has 0 radical (unpaired) electrons. The zero-order valence-corrected chi connectivity index (χ0v) is 17.9. The number of ether oxygens (including phenoxy) is 1. The third-order valence-electron chi connectivity index (χ3n) is 4.73. The summed E-state index contributed by atoms with van der Waals surface area (Å²) in [7, 11) is 0. The van der Waals surface area contributed by atoms with E-state index in [0.29, 0.717) is 23.1 Å². The van der Waals surface area contributed by atoms with E-state index in [1.165, 1.54) is 0 Å². The number of halogens is 1. The lowest BCUT2D eigenvalue weighted by Crippen LogP contribution is -2.14. The van der Waals surface area contributed by atoms with Gasteiger partial charge in [0.2, 0.25) is 5.82 Å². The molecule has 1 aromatic heterocycles. The number of carbonyl (C=O) groups excluding carboxylic acids is 1. The monoisotopic (exact) mass is 432 g/mol. The molecule has 0 fully saturated rings. The lowest BCUT2D eigenvalue weighted by atomic mass is 10.2. The van der Waals surface area contributed by atoms with E-state index in [2.05, 4.69) is 15.4 Å². The number of aromatic nitrogens is 3. The molecule has 0 bridgehead atoms. The third kappa shape index (κ3) is 4.44. The van der Waals surface area contributed by atoms with E-state index in [9.17, 15) is 4.79 Å². The summed E-state index contributed by atoms with van der Waals surface area (Å²) in [5.74, 6) is 0.959. The molecule has 0 aliphatic rings. The first-order chi connectivity index (χ1) is 15.1. The van der Waals surface area contributed by atoms with Crippen molar-refractivity contribution in [1.82, 2.24) is 14.8 Å². The van der Waals surface area contributed by atoms with Crippen LogP contribution in [0.5, 0.6) is 5.75 Å². The van der Waals surface area contributed by atoms with Gasteiger partial charge < -0.3 is 10.1 Å². The highest BCUT2D eigenvalue weighted by Gasteiger charge is 2.20. The van der Waals surface area contributed by atoms with E-state index >= 15 is 0 Å². The molecule has 1 amide bonds. The van der Waals surface area contributed by atoms with Gasteiger partial charge in [0.1, 0.15) is 5.75 Å². The van der Waals surface area contributed by atoms with Crippen LogP contribution in [0.1, 0.15) is 23.1 Å². The number of amides is 1. The minimum atomic E-state index is -0.403. The van der Waals surface area contributed by atoms with Crippen LogP contribution in [0.4, 0.5) is 5.69 Å². The average molecular weight is 433 g/mol. The fraction of sp³-hybridized carbons (Fsp3) is 0.125. The Bertz CT molecular complexity index is 1200. The van der Waals surface area contributed by atoms with Crippen LogP contribution >= 0.6 is 11.6 Å².